The van der Waals surface area contributed by atoms with Crippen molar-refractivity contribution in [3.05, 3.63) is 44.8 Å². The molecule has 0 radical (unpaired) electrons. The molecule has 1 unspecified atom stereocenters. The van der Waals surface area contributed by atoms with E-state index < -0.39 is 34.5 Å². The quantitative estimate of drug-likeness (QED) is 0.443. The molecule has 1 aromatic carbocycles. The average Bonchev–Trinajstić information content (AvgIpc) is 3.10. The lowest BCUT2D eigenvalue weighted by Gasteiger charge is -2.18. The summed E-state index contributed by atoms with van der Waals surface area (Å²) in [6.07, 6.45) is -2.16. The summed E-state index contributed by atoms with van der Waals surface area (Å²) < 4.78 is 44.3. The van der Waals surface area contributed by atoms with E-state index in [2.05, 4.69) is 17.6 Å². The highest BCUT2D eigenvalue weighted by Crippen LogP contribution is 2.40. The van der Waals surface area contributed by atoms with Crippen molar-refractivity contribution in [2.24, 2.45) is 5.92 Å². The third-order valence-corrected chi connectivity index (χ3v) is 7.13. The molecule has 2 amide bonds. The number of carbonyl (C=O) groups excluding carboxylic acids is 3. The van der Waals surface area contributed by atoms with Crippen LogP contribution in [0.15, 0.2) is 18.2 Å². The highest BCUT2D eigenvalue weighted by Gasteiger charge is 2.33. The van der Waals surface area contributed by atoms with E-state index >= 15 is 0 Å². The number of alkyl halides is 3. The van der Waals surface area contributed by atoms with E-state index in [1.165, 1.54) is 29.4 Å². The van der Waals surface area contributed by atoms with Crippen LogP contribution in [0, 0.1) is 5.92 Å². The number of anilines is 2. The predicted molar refractivity (Wildman–Crippen MR) is 133 cm³/mol. The standard InChI is InChI=1S/C24H27ClF3N3O4S/c1-4-35-23(34)21-15-7-5-13(2)9-18(15)36-22(21)30-20(33)12-31(3)11-19(32)29-14-6-8-17(25)16(10-14)24(26,27)28/h6,8,10,13H,4-5,7,9,11-12H2,1-3H3,(H,29,32)(H,30,33). The first-order valence-corrected chi connectivity index (χ1v) is 12.5. The molecule has 1 atom stereocenters. The molecule has 7 nitrogen and oxygen atoms in total. The smallest absolute Gasteiger partial charge is 0.417 e. The van der Waals surface area contributed by atoms with Gasteiger partial charge in [0.15, 0.2) is 0 Å². The van der Waals surface area contributed by atoms with Crippen molar-refractivity contribution in [2.45, 2.75) is 39.3 Å². The molecular weight excluding hydrogens is 519 g/mol. The Morgan fingerprint density at radius 2 is 1.86 bits per heavy atom. The van der Waals surface area contributed by atoms with Crippen LogP contribution in [0.1, 0.15) is 46.6 Å². The summed E-state index contributed by atoms with van der Waals surface area (Å²) in [4.78, 5) is 40.1. The van der Waals surface area contributed by atoms with Crippen LogP contribution in [-0.2, 0) is 33.3 Å². The molecule has 36 heavy (non-hydrogen) atoms. The Balaban J connectivity index is 1.63. The minimum absolute atomic E-state index is 0.0629. The highest BCUT2D eigenvalue weighted by atomic mass is 35.5. The molecule has 1 aliphatic carbocycles. The number of esters is 1. The van der Waals surface area contributed by atoms with E-state index in [9.17, 15) is 27.6 Å². The summed E-state index contributed by atoms with van der Waals surface area (Å²) in [7, 11) is 1.52. The van der Waals surface area contributed by atoms with Gasteiger partial charge in [0.25, 0.3) is 0 Å². The van der Waals surface area contributed by atoms with E-state index in [4.69, 9.17) is 16.3 Å². The second kappa shape index (κ2) is 11.6. The molecule has 196 valence electrons. The summed E-state index contributed by atoms with van der Waals surface area (Å²) in [6.45, 7) is 3.64. The van der Waals surface area contributed by atoms with Crippen LogP contribution in [0.5, 0.6) is 0 Å². The number of nitrogens with one attached hydrogen (secondary N) is 2. The van der Waals surface area contributed by atoms with Gasteiger partial charge in [0, 0.05) is 10.6 Å². The van der Waals surface area contributed by atoms with Crippen molar-refractivity contribution in [1.29, 1.82) is 0 Å². The van der Waals surface area contributed by atoms with Gasteiger partial charge >= 0.3 is 12.1 Å². The average molecular weight is 546 g/mol. The van der Waals surface area contributed by atoms with Crippen molar-refractivity contribution in [2.75, 3.05) is 37.4 Å². The summed E-state index contributed by atoms with van der Waals surface area (Å²) in [6, 6.07) is 3.07. The van der Waals surface area contributed by atoms with Gasteiger partial charge in [-0.3, -0.25) is 14.5 Å². The van der Waals surface area contributed by atoms with Gasteiger partial charge in [-0.05, 0) is 62.9 Å². The minimum Gasteiger partial charge on any atom is -0.462 e. The van der Waals surface area contributed by atoms with Gasteiger partial charge in [-0.15, -0.1) is 11.3 Å². The number of hydrogen-bond donors (Lipinski definition) is 2. The van der Waals surface area contributed by atoms with Gasteiger partial charge in [0.2, 0.25) is 11.8 Å². The molecule has 12 heteroatoms. The molecule has 0 spiro atoms. The molecule has 1 aliphatic rings. The maximum Gasteiger partial charge on any atom is 0.417 e. The van der Waals surface area contributed by atoms with E-state index in [1.807, 2.05) is 0 Å². The normalized spacial score (nSPS) is 15.4. The van der Waals surface area contributed by atoms with E-state index in [-0.39, 0.29) is 25.4 Å². The third-order valence-electron chi connectivity index (χ3n) is 5.63. The summed E-state index contributed by atoms with van der Waals surface area (Å²) >= 11 is 6.96. The first-order valence-electron chi connectivity index (χ1n) is 11.4. The van der Waals surface area contributed by atoms with Crippen molar-refractivity contribution in [3.8, 4) is 0 Å². The molecule has 1 heterocycles. The topological polar surface area (TPSA) is 87.7 Å². The molecule has 3 rings (SSSR count). The number of carbonyl (C=O) groups is 3. The van der Waals surface area contributed by atoms with Crippen molar-refractivity contribution < 1.29 is 32.3 Å². The van der Waals surface area contributed by atoms with Crippen LogP contribution in [0.3, 0.4) is 0 Å². The van der Waals surface area contributed by atoms with Crippen molar-refractivity contribution in [3.63, 3.8) is 0 Å². The molecule has 0 saturated carbocycles. The largest absolute Gasteiger partial charge is 0.462 e. The molecule has 2 N–H and O–H groups in total. The number of likely N-dealkylation sites (N-methyl/N-ethyl adjacent to an activating group) is 1. The third kappa shape index (κ3) is 6.98. The number of ether oxygens (including phenoxy) is 1. The second-order valence-electron chi connectivity index (χ2n) is 8.74. The van der Waals surface area contributed by atoms with Crippen LogP contribution in [-0.4, -0.2) is 49.4 Å². The Labute approximate surface area is 215 Å². The zero-order chi connectivity index (χ0) is 26.6. The Morgan fingerprint density at radius 3 is 2.50 bits per heavy atom. The number of thiophene rings is 1. The first kappa shape index (κ1) is 27.9. The maximum atomic E-state index is 13.0. The zero-order valence-electron chi connectivity index (χ0n) is 20.1. The van der Waals surface area contributed by atoms with Crippen LogP contribution in [0.4, 0.5) is 23.9 Å². The highest BCUT2D eigenvalue weighted by molar-refractivity contribution is 7.17. The Hall–Kier alpha value is -2.63. The molecule has 0 fully saturated rings. The van der Waals surface area contributed by atoms with Crippen LogP contribution < -0.4 is 10.6 Å². The molecule has 0 saturated heterocycles. The molecule has 1 aromatic heterocycles. The van der Waals surface area contributed by atoms with Crippen molar-refractivity contribution >= 4 is 51.4 Å². The SMILES string of the molecule is CCOC(=O)c1c(NC(=O)CN(C)CC(=O)Nc2ccc(Cl)c(C(F)(F)F)c2)sc2c1CCC(C)C2. The number of nitrogens with zero attached hydrogens (tertiary/aromatic N) is 1. The monoisotopic (exact) mass is 545 g/mol. The van der Waals surface area contributed by atoms with Crippen LogP contribution in [0.25, 0.3) is 0 Å². The molecular formula is C24H27ClF3N3O4S. The number of hydrogen-bond acceptors (Lipinski definition) is 6. The van der Waals surface area contributed by atoms with Gasteiger partial charge < -0.3 is 15.4 Å². The fraction of sp³-hybridized carbons (Fsp3) is 0.458. The van der Waals surface area contributed by atoms with Gasteiger partial charge in [-0.2, -0.15) is 13.2 Å². The number of fused-ring (bicyclic) bond motifs is 1. The van der Waals surface area contributed by atoms with Crippen LogP contribution >= 0.6 is 22.9 Å². The van der Waals surface area contributed by atoms with Crippen LogP contribution in [0.2, 0.25) is 5.02 Å². The summed E-state index contributed by atoms with van der Waals surface area (Å²) in [5.41, 5.74) is 0.189. The number of halogens is 4. The Morgan fingerprint density at radius 1 is 1.19 bits per heavy atom. The molecule has 0 aliphatic heterocycles. The zero-order valence-corrected chi connectivity index (χ0v) is 21.6. The lowest BCUT2D eigenvalue weighted by molar-refractivity contribution is -0.137. The predicted octanol–water partition coefficient (Wildman–Crippen LogP) is 5.23. The van der Waals surface area contributed by atoms with Gasteiger partial charge in [-0.25, -0.2) is 4.79 Å². The lowest BCUT2D eigenvalue weighted by atomic mass is 9.88. The fourth-order valence-corrected chi connectivity index (χ4v) is 5.63. The first-order chi connectivity index (χ1) is 16.9. The van der Waals surface area contributed by atoms with E-state index in [0.717, 1.165) is 41.8 Å². The number of rotatable bonds is 8. The fourth-order valence-electron chi connectivity index (χ4n) is 3.99. The summed E-state index contributed by atoms with van der Waals surface area (Å²) in [5, 5.41) is 5.11. The van der Waals surface area contributed by atoms with E-state index in [0.29, 0.717) is 16.5 Å². The van der Waals surface area contributed by atoms with Gasteiger partial charge in [-0.1, -0.05) is 18.5 Å². The van der Waals surface area contributed by atoms with E-state index in [1.54, 1.807) is 6.92 Å². The Bertz CT molecular complexity index is 1150. The van der Waals surface area contributed by atoms with Gasteiger partial charge in [0.05, 0.1) is 35.8 Å². The molecule has 2 aromatic rings. The molecule has 0 bridgehead atoms. The number of amides is 2. The summed E-state index contributed by atoms with van der Waals surface area (Å²) in [5.74, 6) is -1.04. The maximum absolute atomic E-state index is 13.0. The van der Waals surface area contributed by atoms with Gasteiger partial charge in [0.1, 0.15) is 5.00 Å². The minimum atomic E-state index is -4.66. The lowest BCUT2D eigenvalue weighted by Crippen LogP contribution is -2.36. The Kier molecular flexibility index (Phi) is 9.02. The number of benzene rings is 1. The second-order valence-corrected chi connectivity index (χ2v) is 10.2. The van der Waals surface area contributed by atoms with Crippen molar-refractivity contribution in [1.82, 2.24) is 4.90 Å².